The summed E-state index contributed by atoms with van der Waals surface area (Å²) in [5.74, 6) is -0.491. The fourth-order valence-corrected chi connectivity index (χ4v) is 2.40. The number of benzene rings is 2. The van der Waals surface area contributed by atoms with Crippen LogP contribution in [0.15, 0.2) is 63.8 Å². The summed E-state index contributed by atoms with van der Waals surface area (Å²) in [6.45, 7) is -2.98. The Kier molecular flexibility index (Phi) is 5.69. The second-order valence-corrected chi connectivity index (χ2v) is 5.50. The van der Waals surface area contributed by atoms with Crippen molar-refractivity contribution in [2.45, 2.75) is 6.61 Å². The summed E-state index contributed by atoms with van der Waals surface area (Å²) in [6, 6.07) is 11.8. The summed E-state index contributed by atoms with van der Waals surface area (Å²) in [4.78, 5) is 23.3. The number of halogens is 2. The average Bonchev–Trinajstić information content (AvgIpc) is 2.66. The van der Waals surface area contributed by atoms with Crippen molar-refractivity contribution in [3.63, 3.8) is 0 Å². The molecule has 28 heavy (non-hydrogen) atoms. The second-order valence-electron chi connectivity index (χ2n) is 5.50. The van der Waals surface area contributed by atoms with Crippen LogP contribution >= 0.6 is 0 Å². The molecular weight excluding hydrogens is 374 g/mol. The predicted molar refractivity (Wildman–Crippen MR) is 96.8 cm³/mol. The first kappa shape index (κ1) is 19.1. The van der Waals surface area contributed by atoms with E-state index in [1.54, 1.807) is 18.2 Å². The van der Waals surface area contributed by atoms with Gasteiger partial charge in [-0.05, 0) is 42.0 Å². The van der Waals surface area contributed by atoms with Gasteiger partial charge in [0.1, 0.15) is 11.3 Å². The van der Waals surface area contributed by atoms with Crippen molar-refractivity contribution in [2.24, 2.45) is 0 Å². The Labute approximate surface area is 157 Å². The highest BCUT2D eigenvalue weighted by Crippen LogP contribution is 2.30. The van der Waals surface area contributed by atoms with Crippen LogP contribution in [0.3, 0.4) is 0 Å². The number of carbonyl (C=O) groups excluding carboxylic acids is 1. The summed E-state index contributed by atoms with van der Waals surface area (Å²) < 4.78 is 44.2. The van der Waals surface area contributed by atoms with E-state index in [9.17, 15) is 18.4 Å². The molecular formula is C20H14F2O6. The van der Waals surface area contributed by atoms with Crippen LogP contribution in [0, 0.1) is 0 Å². The van der Waals surface area contributed by atoms with Gasteiger partial charge in [-0.15, -0.1) is 0 Å². The molecule has 0 fully saturated rings. The quantitative estimate of drug-likeness (QED) is 0.275. The number of alkyl halides is 2. The Morgan fingerprint density at radius 2 is 1.86 bits per heavy atom. The van der Waals surface area contributed by atoms with Crippen molar-refractivity contribution in [2.75, 3.05) is 7.11 Å². The van der Waals surface area contributed by atoms with E-state index in [4.69, 9.17) is 13.9 Å². The molecule has 0 saturated heterocycles. The molecule has 144 valence electrons. The summed E-state index contributed by atoms with van der Waals surface area (Å²) in [5, 5.41) is 0.688. The van der Waals surface area contributed by atoms with Gasteiger partial charge in [0.2, 0.25) is 0 Å². The molecule has 2 aromatic carbocycles. The molecule has 0 aliphatic heterocycles. The maximum Gasteiger partial charge on any atom is 0.387 e. The normalized spacial score (nSPS) is 11.1. The van der Waals surface area contributed by atoms with E-state index in [-0.39, 0.29) is 17.2 Å². The Morgan fingerprint density at radius 3 is 2.61 bits per heavy atom. The van der Waals surface area contributed by atoms with Crippen molar-refractivity contribution >= 4 is 23.0 Å². The Morgan fingerprint density at radius 1 is 1.07 bits per heavy atom. The fraction of sp³-hybridized carbons (Fsp3) is 0.100. The third-order valence-corrected chi connectivity index (χ3v) is 3.63. The number of hydrogen-bond donors (Lipinski definition) is 0. The molecule has 1 aromatic heterocycles. The van der Waals surface area contributed by atoms with Crippen molar-refractivity contribution in [1.29, 1.82) is 0 Å². The molecule has 0 bridgehead atoms. The van der Waals surface area contributed by atoms with Crippen LogP contribution < -0.4 is 19.8 Å². The van der Waals surface area contributed by atoms with Crippen LogP contribution in [0.5, 0.6) is 17.2 Å². The number of rotatable bonds is 6. The summed E-state index contributed by atoms with van der Waals surface area (Å²) in [5.41, 5.74) is 0.296. The van der Waals surface area contributed by atoms with Gasteiger partial charge in [-0.2, -0.15) is 8.78 Å². The van der Waals surface area contributed by atoms with Gasteiger partial charge in [-0.25, -0.2) is 9.59 Å². The predicted octanol–water partition coefficient (Wildman–Crippen LogP) is 4.02. The molecule has 8 heteroatoms. The highest BCUT2D eigenvalue weighted by atomic mass is 19.3. The SMILES string of the molecule is COc1cc(/C=C/C(=O)Oc2ccc3ccc(=O)oc3c2)ccc1OC(F)F. The lowest BCUT2D eigenvalue weighted by atomic mass is 10.2. The van der Waals surface area contributed by atoms with Crippen LogP contribution in [0.1, 0.15) is 5.56 Å². The van der Waals surface area contributed by atoms with Crippen molar-refractivity contribution in [1.82, 2.24) is 0 Å². The standard InChI is InChI=1S/C20H14F2O6/c1-25-17-10-12(2-7-15(17)28-20(21)22)3-8-18(23)26-14-6-4-13-5-9-19(24)27-16(13)11-14/h2-11,20H,1H3/b8-3+. The molecule has 0 saturated carbocycles. The van der Waals surface area contributed by atoms with Crippen LogP contribution in [0.2, 0.25) is 0 Å². The number of methoxy groups -OCH3 is 1. The molecule has 1 heterocycles. The van der Waals surface area contributed by atoms with Crippen molar-refractivity contribution < 1.29 is 32.2 Å². The first-order valence-corrected chi connectivity index (χ1v) is 8.01. The smallest absolute Gasteiger partial charge is 0.387 e. The lowest BCUT2D eigenvalue weighted by Gasteiger charge is -2.10. The molecule has 0 amide bonds. The highest BCUT2D eigenvalue weighted by molar-refractivity contribution is 5.89. The lowest BCUT2D eigenvalue weighted by molar-refractivity contribution is -0.128. The Balaban J connectivity index is 1.72. The minimum atomic E-state index is -2.98. The molecule has 6 nitrogen and oxygen atoms in total. The van der Waals surface area contributed by atoms with Crippen molar-refractivity contribution in [3.05, 3.63) is 70.6 Å². The molecule has 0 aliphatic carbocycles. The van der Waals surface area contributed by atoms with E-state index in [1.807, 2.05) is 0 Å². The summed E-state index contributed by atoms with van der Waals surface area (Å²) in [6.07, 6.45) is 2.59. The molecule has 3 aromatic rings. The molecule has 0 N–H and O–H groups in total. The van der Waals surface area contributed by atoms with Crippen LogP contribution in [0.4, 0.5) is 8.78 Å². The van der Waals surface area contributed by atoms with E-state index < -0.39 is 18.2 Å². The number of ether oxygens (including phenoxy) is 3. The fourth-order valence-electron chi connectivity index (χ4n) is 2.40. The third kappa shape index (κ3) is 4.73. The zero-order valence-electron chi connectivity index (χ0n) is 14.6. The van der Waals surface area contributed by atoms with E-state index in [2.05, 4.69) is 4.74 Å². The first-order valence-electron chi connectivity index (χ1n) is 8.01. The van der Waals surface area contributed by atoms with Gasteiger partial charge in [-0.3, -0.25) is 0 Å². The molecule has 0 aliphatic rings. The van der Waals surface area contributed by atoms with E-state index in [1.165, 1.54) is 43.5 Å². The minimum Gasteiger partial charge on any atom is -0.493 e. The average molecular weight is 388 g/mol. The molecule has 0 radical (unpaired) electrons. The molecule has 0 spiro atoms. The van der Waals surface area contributed by atoms with Gasteiger partial charge in [0.25, 0.3) is 0 Å². The third-order valence-electron chi connectivity index (χ3n) is 3.63. The van der Waals surface area contributed by atoms with Crippen LogP contribution in [-0.4, -0.2) is 19.7 Å². The monoisotopic (exact) mass is 388 g/mol. The largest absolute Gasteiger partial charge is 0.493 e. The summed E-state index contributed by atoms with van der Waals surface area (Å²) >= 11 is 0. The van der Waals surface area contributed by atoms with E-state index >= 15 is 0 Å². The molecule has 0 atom stereocenters. The van der Waals surface area contributed by atoms with Gasteiger partial charge < -0.3 is 18.6 Å². The van der Waals surface area contributed by atoms with E-state index in [0.717, 1.165) is 6.08 Å². The molecule has 0 unspecified atom stereocenters. The minimum absolute atomic E-state index is 0.0976. The van der Waals surface area contributed by atoms with E-state index in [0.29, 0.717) is 16.5 Å². The highest BCUT2D eigenvalue weighted by Gasteiger charge is 2.10. The number of carbonyl (C=O) groups is 1. The number of hydrogen-bond acceptors (Lipinski definition) is 6. The summed E-state index contributed by atoms with van der Waals surface area (Å²) in [7, 11) is 1.31. The topological polar surface area (TPSA) is 75.0 Å². The first-order chi connectivity index (χ1) is 13.4. The van der Waals surface area contributed by atoms with Crippen LogP contribution in [0.25, 0.3) is 17.0 Å². The van der Waals surface area contributed by atoms with Crippen LogP contribution in [-0.2, 0) is 4.79 Å². The maximum absolute atomic E-state index is 12.3. The van der Waals surface area contributed by atoms with Crippen molar-refractivity contribution in [3.8, 4) is 17.2 Å². The lowest BCUT2D eigenvalue weighted by Crippen LogP contribution is -2.04. The maximum atomic E-state index is 12.3. The van der Waals surface area contributed by atoms with Gasteiger partial charge in [0.05, 0.1) is 7.11 Å². The number of fused-ring (bicyclic) bond motifs is 1. The van der Waals surface area contributed by atoms with Gasteiger partial charge in [-0.1, -0.05) is 6.07 Å². The Hall–Kier alpha value is -3.68. The van der Waals surface area contributed by atoms with Gasteiger partial charge in [0, 0.05) is 23.6 Å². The molecule has 3 rings (SSSR count). The zero-order valence-corrected chi connectivity index (χ0v) is 14.6. The Bertz CT molecular complexity index is 1090. The zero-order chi connectivity index (χ0) is 20.1. The van der Waals surface area contributed by atoms with Gasteiger partial charge >= 0.3 is 18.2 Å². The second kappa shape index (κ2) is 8.34. The van der Waals surface area contributed by atoms with Gasteiger partial charge in [0.15, 0.2) is 11.5 Å². The number of esters is 1.